The van der Waals surface area contributed by atoms with E-state index >= 15 is 0 Å². The number of aliphatic hydroxyl groups is 1. The highest BCUT2D eigenvalue weighted by atomic mass is 32.1. The molecule has 1 aliphatic carbocycles. The minimum absolute atomic E-state index is 0.0630. The maximum absolute atomic E-state index is 13.7. The number of halogens is 3. The number of carbonyl (C=O) groups excluding carboxylic acids is 2. The summed E-state index contributed by atoms with van der Waals surface area (Å²) in [5.74, 6) is -0.634. The Morgan fingerprint density at radius 3 is 2.36 bits per heavy atom. The van der Waals surface area contributed by atoms with Gasteiger partial charge in [-0.2, -0.15) is 13.2 Å². The van der Waals surface area contributed by atoms with Crippen molar-refractivity contribution in [2.75, 3.05) is 5.32 Å². The van der Waals surface area contributed by atoms with Crippen LogP contribution in [0.4, 0.5) is 19.0 Å². The zero-order valence-corrected chi connectivity index (χ0v) is 20.7. The number of fused-ring (bicyclic) bond motifs is 2. The Bertz CT molecular complexity index is 1170. The predicted molar refractivity (Wildman–Crippen MR) is 128 cm³/mol. The lowest BCUT2D eigenvalue weighted by molar-refractivity contribution is -0.138. The van der Waals surface area contributed by atoms with Crippen LogP contribution in [0.1, 0.15) is 71.3 Å². The van der Waals surface area contributed by atoms with E-state index in [1.807, 2.05) is 4.90 Å². The van der Waals surface area contributed by atoms with Gasteiger partial charge in [-0.1, -0.05) is 0 Å². The molecule has 0 unspecified atom stereocenters. The average Bonchev–Trinajstić information content (AvgIpc) is 3.55. The molecule has 2 amide bonds. The number of amides is 2. The second-order valence-corrected chi connectivity index (χ2v) is 10.9. The molecule has 3 fully saturated rings. The van der Waals surface area contributed by atoms with E-state index in [1.165, 1.54) is 12.3 Å². The van der Waals surface area contributed by atoms with E-state index in [9.17, 15) is 27.9 Å². The van der Waals surface area contributed by atoms with E-state index in [1.54, 1.807) is 6.92 Å². The SMILES string of the molecule is Cc1cc(N[C@@H](C)C(F)(F)F)ncc1-c1sc(C(=O)N[C@H]2CC[C@@H]2O)nc1C(=O)N1C2CCC1CC2. The van der Waals surface area contributed by atoms with Crippen LogP contribution in [0.3, 0.4) is 0 Å². The largest absolute Gasteiger partial charge is 0.408 e. The summed E-state index contributed by atoms with van der Waals surface area (Å²) in [5.41, 5.74) is 1.30. The van der Waals surface area contributed by atoms with Crippen molar-refractivity contribution in [1.29, 1.82) is 0 Å². The topological polar surface area (TPSA) is 107 Å². The van der Waals surface area contributed by atoms with Crippen LogP contribution in [0.15, 0.2) is 12.3 Å². The normalized spacial score (nSPS) is 26.0. The molecule has 12 heteroatoms. The number of hydrogen-bond acceptors (Lipinski definition) is 7. The Morgan fingerprint density at radius 1 is 1.17 bits per heavy atom. The van der Waals surface area contributed by atoms with Gasteiger partial charge in [-0.25, -0.2) is 9.97 Å². The van der Waals surface area contributed by atoms with Crippen molar-refractivity contribution in [1.82, 2.24) is 20.2 Å². The van der Waals surface area contributed by atoms with Crippen molar-refractivity contribution in [3.63, 3.8) is 0 Å². The average molecular weight is 524 g/mol. The van der Waals surface area contributed by atoms with E-state index in [0.29, 0.717) is 28.8 Å². The monoisotopic (exact) mass is 523 g/mol. The van der Waals surface area contributed by atoms with Gasteiger partial charge < -0.3 is 20.6 Å². The number of nitrogens with one attached hydrogen (secondary N) is 2. The van der Waals surface area contributed by atoms with Crippen molar-refractivity contribution < 1.29 is 27.9 Å². The number of aliphatic hydroxyl groups excluding tert-OH is 1. The van der Waals surface area contributed by atoms with Gasteiger partial charge in [0.15, 0.2) is 5.01 Å². The molecule has 2 aromatic rings. The second-order valence-electron chi connectivity index (χ2n) is 9.89. The molecule has 0 spiro atoms. The van der Waals surface area contributed by atoms with Crippen LogP contribution >= 0.6 is 11.3 Å². The van der Waals surface area contributed by atoms with Crippen molar-refractivity contribution in [3.05, 3.63) is 28.5 Å². The Morgan fingerprint density at radius 2 is 1.83 bits per heavy atom. The third kappa shape index (κ3) is 4.56. The van der Waals surface area contributed by atoms with Crippen LogP contribution in [0.25, 0.3) is 10.4 Å². The molecule has 0 aromatic carbocycles. The van der Waals surface area contributed by atoms with Crippen molar-refractivity contribution >= 4 is 29.0 Å². The lowest BCUT2D eigenvalue weighted by Crippen LogP contribution is -2.50. The fraction of sp³-hybridized carbons (Fsp3) is 0.583. The predicted octanol–water partition coefficient (Wildman–Crippen LogP) is 3.90. The van der Waals surface area contributed by atoms with Gasteiger partial charge in [0.1, 0.15) is 17.6 Å². The smallest absolute Gasteiger partial charge is 0.391 e. The number of nitrogens with zero attached hydrogens (tertiary/aromatic N) is 3. The molecule has 3 atom stereocenters. The van der Waals surface area contributed by atoms with Crippen LogP contribution in [0.2, 0.25) is 0 Å². The summed E-state index contributed by atoms with van der Waals surface area (Å²) < 4.78 is 38.9. The van der Waals surface area contributed by atoms with Crippen LogP contribution < -0.4 is 10.6 Å². The quantitative estimate of drug-likeness (QED) is 0.530. The highest BCUT2D eigenvalue weighted by Crippen LogP contribution is 2.41. The lowest BCUT2D eigenvalue weighted by Gasteiger charge is -2.32. The number of carbonyl (C=O) groups is 2. The van der Waals surface area contributed by atoms with Gasteiger partial charge in [-0.3, -0.25) is 9.59 Å². The zero-order valence-electron chi connectivity index (χ0n) is 19.9. The minimum atomic E-state index is -4.42. The molecule has 36 heavy (non-hydrogen) atoms. The third-order valence-electron chi connectivity index (χ3n) is 7.48. The van der Waals surface area contributed by atoms with Crippen LogP contribution in [0, 0.1) is 6.92 Å². The molecule has 2 saturated heterocycles. The standard InChI is InChI=1S/C24H28F3N5O3S/c1-11-9-18(29-12(2)24(25,26)27)28-10-15(11)20-19(23(35)32-13-3-4-14(32)6-5-13)31-22(36-20)21(34)30-16-7-8-17(16)33/h9-10,12-14,16-17,33H,3-8H2,1-2H3,(H,28,29)(H,30,34)/t12-,13?,14?,16-,17-/m0/s1. The molecule has 2 aromatic heterocycles. The number of rotatable bonds is 6. The molecule has 0 radical (unpaired) electrons. The molecular formula is C24H28F3N5O3S. The van der Waals surface area contributed by atoms with Crippen molar-refractivity contribution in [2.24, 2.45) is 0 Å². The molecule has 194 valence electrons. The molecular weight excluding hydrogens is 495 g/mol. The fourth-order valence-corrected chi connectivity index (χ4v) is 6.20. The number of anilines is 1. The summed E-state index contributed by atoms with van der Waals surface area (Å²) >= 11 is 1.05. The molecule has 5 rings (SSSR count). The zero-order chi connectivity index (χ0) is 25.8. The van der Waals surface area contributed by atoms with E-state index in [-0.39, 0.29) is 40.6 Å². The summed E-state index contributed by atoms with van der Waals surface area (Å²) in [5, 5.41) is 15.1. The fourth-order valence-electron chi connectivity index (χ4n) is 5.17. The number of thiazole rings is 1. The first-order chi connectivity index (χ1) is 17.0. The number of hydrogen-bond donors (Lipinski definition) is 3. The van der Waals surface area contributed by atoms with Crippen LogP contribution in [-0.2, 0) is 0 Å². The van der Waals surface area contributed by atoms with E-state index in [2.05, 4.69) is 20.6 Å². The van der Waals surface area contributed by atoms with Gasteiger partial charge in [0.2, 0.25) is 0 Å². The number of alkyl halides is 3. The van der Waals surface area contributed by atoms with Crippen LogP contribution in [0.5, 0.6) is 0 Å². The second kappa shape index (κ2) is 9.29. The van der Waals surface area contributed by atoms with Gasteiger partial charge >= 0.3 is 6.18 Å². The Labute approximate surface area is 210 Å². The lowest BCUT2D eigenvalue weighted by atomic mass is 9.89. The van der Waals surface area contributed by atoms with E-state index in [4.69, 9.17) is 0 Å². The van der Waals surface area contributed by atoms with Crippen molar-refractivity contribution in [2.45, 2.75) is 88.8 Å². The van der Waals surface area contributed by atoms with Gasteiger partial charge in [0.25, 0.3) is 11.8 Å². The first kappa shape index (κ1) is 24.9. The number of pyridine rings is 1. The van der Waals surface area contributed by atoms with E-state index in [0.717, 1.165) is 43.9 Å². The highest BCUT2D eigenvalue weighted by Gasteiger charge is 2.44. The van der Waals surface area contributed by atoms with Gasteiger partial charge in [0.05, 0.1) is 17.0 Å². The summed E-state index contributed by atoms with van der Waals surface area (Å²) in [6.45, 7) is 2.73. The molecule has 8 nitrogen and oxygen atoms in total. The summed E-state index contributed by atoms with van der Waals surface area (Å²) in [4.78, 5) is 37.5. The molecule has 2 aliphatic heterocycles. The van der Waals surface area contributed by atoms with Crippen molar-refractivity contribution in [3.8, 4) is 10.4 Å². The Balaban J connectivity index is 1.48. The maximum Gasteiger partial charge on any atom is 0.408 e. The Hall–Kier alpha value is -2.73. The van der Waals surface area contributed by atoms with Gasteiger partial charge in [-0.05, 0) is 64.0 Å². The van der Waals surface area contributed by atoms with E-state index < -0.39 is 24.2 Å². The summed E-state index contributed by atoms with van der Waals surface area (Å²) in [6.07, 6.45) is 1.47. The Kier molecular flexibility index (Phi) is 6.44. The summed E-state index contributed by atoms with van der Waals surface area (Å²) in [6, 6.07) is -0.306. The first-order valence-corrected chi connectivity index (χ1v) is 13.0. The molecule has 4 heterocycles. The highest BCUT2D eigenvalue weighted by molar-refractivity contribution is 7.17. The third-order valence-corrected chi connectivity index (χ3v) is 8.56. The molecule has 3 N–H and O–H groups in total. The number of aryl methyl sites for hydroxylation is 1. The summed E-state index contributed by atoms with van der Waals surface area (Å²) in [7, 11) is 0. The molecule has 3 aliphatic rings. The molecule has 1 saturated carbocycles. The first-order valence-electron chi connectivity index (χ1n) is 12.2. The number of aromatic nitrogens is 2. The van der Waals surface area contributed by atoms with Gasteiger partial charge in [0, 0.05) is 23.8 Å². The van der Waals surface area contributed by atoms with Gasteiger partial charge in [-0.15, -0.1) is 11.3 Å². The maximum atomic E-state index is 13.7. The minimum Gasteiger partial charge on any atom is -0.391 e. The van der Waals surface area contributed by atoms with Crippen LogP contribution in [-0.4, -0.2) is 68.2 Å². The molecule has 2 bridgehead atoms.